The second-order valence-corrected chi connectivity index (χ2v) is 6.91. The molecule has 0 saturated carbocycles. The van der Waals surface area contributed by atoms with Gasteiger partial charge < -0.3 is 10.4 Å². The Hall–Kier alpha value is -3.95. The number of amides is 1. The van der Waals surface area contributed by atoms with Crippen LogP contribution in [-0.2, 0) is 6.18 Å². The first-order valence-corrected chi connectivity index (χ1v) is 9.15. The van der Waals surface area contributed by atoms with Crippen molar-refractivity contribution in [3.63, 3.8) is 0 Å². The lowest BCUT2D eigenvalue weighted by atomic mass is 10.0. The van der Waals surface area contributed by atoms with Crippen LogP contribution in [0, 0.1) is 13.8 Å². The Balaban J connectivity index is 1.80. The summed E-state index contributed by atoms with van der Waals surface area (Å²) in [6, 6.07) is 11.0. The van der Waals surface area contributed by atoms with Crippen molar-refractivity contribution in [2.45, 2.75) is 20.0 Å². The number of fused-ring (bicyclic) bond motifs is 1. The van der Waals surface area contributed by atoms with Gasteiger partial charge in [0.2, 0.25) is 5.88 Å². The summed E-state index contributed by atoms with van der Waals surface area (Å²) in [6.07, 6.45) is -4.58. The molecule has 7 nitrogen and oxygen atoms in total. The maximum atomic E-state index is 13.4. The predicted molar refractivity (Wildman–Crippen MR) is 107 cm³/mol. The standard InChI is InChI=1S/C21H16F3N5O2/c1-11-9-13(10-12(2)25-11)26-19(30)18-20(31)27-17-8-7-16(28-29(17)18)14-5-3-4-6-15(14)21(22,23)24/h3-10,31H,1-2H3,(H,25,26,30). The van der Waals surface area contributed by atoms with Crippen LogP contribution >= 0.6 is 0 Å². The maximum Gasteiger partial charge on any atom is 0.417 e. The van der Waals surface area contributed by atoms with Crippen LogP contribution in [0.3, 0.4) is 0 Å². The summed E-state index contributed by atoms with van der Waals surface area (Å²) < 4.78 is 41.3. The molecule has 0 aliphatic heterocycles. The van der Waals surface area contributed by atoms with E-state index in [0.717, 1.165) is 10.6 Å². The molecule has 4 rings (SSSR count). The molecule has 2 N–H and O–H groups in total. The van der Waals surface area contributed by atoms with E-state index in [2.05, 4.69) is 20.4 Å². The van der Waals surface area contributed by atoms with Crippen molar-refractivity contribution in [2.75, 3.05) is 5.32 Å². The number of carbonyl (C=O) groups is 1. The first-order chi connectivity index (χ1) is 14.6. The van der Waals surface area contributed by atoms with Crippen molar-refractivity contribution in [3.8, 4) is 17.1 Å². The Morgan fingerprint density at radius 1 is 1.03 bits per heavy atom. The fraction of sp³-hybridized carbons (Fsp3) is 0.143. The Kier molecular flexibility index (Phi) is 4.84. The highest BCUT2D eigenvalue weighted by Crippen LogP contribution is 2.36. The highest BCUT2D eigenvalue weighted by molar-refractivity contribution is 6.05. The number of anilines is 1. The largest absolute Gasteiger partial charge is 0.492 e. The number of carbonyl (C=O) groups excluding carboxylic acids is 1. The van der Waals surface area contributed by atoms with Crippen LogP contribution < -0.4 is 5.32 Å². The second kappa shape index (κ2) is 7.38. The van der Waals surface area contributed by atoms with Crippen molar-refractivity contribution in [2.24, 2.45) is 0 Å². The number of aromatic hydroxyl groups is 1. The highest BCUT2D eigenvalue weighted by atomic mass is 19.4. The van der Waals surface area contributed by atoms with E-state index in [1.807, 2.05) is 0 Å². The monoisotopic (exact) mass is 427 g/mol. The molecule has 0 radical (unpaired) electrons. The number of pyridine rings is 1. The van der Waals surface area contributed by atoms with E-state index in [-0.39, 0.29) is 22.6 Å². The molecule has 0 spiro atoms. The maximum absolute atomic E-state index is 13.4. The summed E-state index contributed by atoms with van der Waals surface area (Å²) >= 11 is 0. The van der Waals surface area contributed by atoms with Crippen molar-refractivity contribution in [1.29, 1.82) is 0 Å². The minimum absolute atomic E-state index is 0.0255. The number of benzene rings is 1. The number of hydrogen-bond acceptors (Lipinski definition) is 5. The molecule has 0 saturated heterocycles. The minimum atomic E-state index is -4.58. The topological polar surface area (TPSA) is 92.4 Å². The summed E-state index contributed by atoms with van der Waals surface area (Å²) in [4.78, 5) is 20.9. The van der Waals surface area contributed by atoms with Crippen molar-refractivity contribution >= 4 is 17.2 Å². The van der Waals surface area contributed by atoms with Gasteiger partial charge in [0.15, 0.2) is 11.3 Å². The number of halogens is 3. The molecule has 3 heterocycles. The lowest BCUT2D eigenvalue weighted by molar-refractivity contribution is -0.137. The fourth-order valence-corrected chi connectivity index (χ4v) is 3.31. The van der Waals surface area contributed by atoms with E-state index in [4.69, 9.17) is 0 Å². The van der Waals surface area contributed by atoms with Crippen LogP contribution in [-0.4, -0.2) is 30.6 Å². The van der Waals surface area contributed by atoms with E-state index < -0.39 is 23.5 Å². The number of hydrogen-bond donors (Lipinski definition) is 2. The molecule has 0 fully saturated rings. The summed E-state index contributed by atoms with van der Waals surface area (Å²) in [6.45, 7) is 3.53. The van der Waals surface area contributed by atoms with Gasteiger partial charge >= 0.3 is 6.18 Å². The SMILES string of the molecule is Cc1cc(NC(=O)c2c(O)nc3ccc(-c4ccccc4C(F)(F)F)nn23)cc(C)n1. The Labute approximate surface area is 174 Å². The van der Waals surface area contributed by atoms with Crippen LogP contribution in [0.5, 0.6) is 5.88 Å². The van der Waals surface area contributed by atoms with Crippen LogP contribution in [0.1, 0.15) is 27.4 Å². The molecule has 10 heteroatoms. The van der Waals surface area contributed by atoms with E-state index in [1.54, 1.807) is 26.0 Å². The van der Waals surface area contributed by atoms with E-state index >= 15 is 0 Å². The lowest BCUT2D eigenvalue weighted by Gasteiger charge is -2.12. The second-order valence-electron chi connectivity index (χ2n) is 6.91. The van der Waals surface area contributed by atoms with Crippen LogP contribution in [0.15, 0.2) is 48.5 Å². The fourth-order valence-electron chi connectivity index (χ4n) is 3.31. The molecule has 1 amide bonds. The van der Waals surface area contributed by atoms with Gasteiger partial charge in [0.05, 0.1) is 11.3 Å². The third kappa shape index (κ3) is 3.91. The number of nitrogens with zero attached hydrogens (tertiary/aromatic N) is 4. The lowest BCUT2D eigenvalue weighted by Crippen LogP contribution is -2.16. The first-order valence-electron chi connectivity index (χ1n) is 9.15. The summed E-state index contributed by atoms with van der Waals surface area (Å²) in [5.74, 6) is -1.31. The van der Waals surface area contributed by atoms with Gasteiger partial charge in [0.25, 0.3) is 5.91 Å². The zero-order chi connectivity index (χ0) is 22.3. The van der Waals surface area contributed by atoms with Gasteiger partial charge in [-0.3, -0.25) is 9.78 Å². The molecule has 1 aromatic carbocycles. The molecular formula is C21H16F3N5O2. The average Bonchev–Trinajstić information content (AvgIpc) is 3.01. The average molecular weight is 427 g/mol. The number of alkyl halides is 3. The molecule has 0 bridgehead atoms. The Morgan fingerprint density at radius 3 is 2.39 bits per heavy atom. The quantitative estimate of drug-likeness (QED) is 0.506. The van der Waals surface area contributed by atoms with Gasteiger partial charge in [-0.2, -0.15) is 23.3 Å². The molecule has 0 aliphatic carbocycles. The molecule has 4 aromatic rings. The van der Waals surface area contributed by atoms with Gasteiger partial charge in [0, 0.05) is 22.6 Å². The minimum Gasteiger partial charge on any atom is -0.492 e. The van der Waals surface area contributed by atoms with E-state index in [0.29, 0.717) is 17.1 Å². The molecule has 0 aliphatic rings. The number of aromatic nitrogens is 4. The number of imidazole rings is 1. The summed E-state index contributed by atoms with van der Waals surface area (Å²) in [7, 11) is 0. The molecule has 0 unspecified atom stereocenters. The summed E-state index contributed by atoms with van der Waals surface area (Å²) in [5.41, 5.74) is 0.581. The van der Waals surface area contributed by atoms with Gasteiger partial charge in [-0.15, -0.1) is 0 Å². The van der Waals surface area contributed by atoms with Crippen LogP contribution in [0.25, 0.3) is 16.9 Å². The number of nitrogens with one attached hydrogen (secondary N) is 1. The molecule has 158 valence electrons. The van der Waals surface area contributed by atoms with E-state index in [1.165, 1.54) is 30.3 Å². The molecule has 31 heavy (non-hydrogen) atoms. The van der Waals surface area contributed by atoms with Crippen LogP contribution in [0.4, 0.5) is 18.9 Å². The Bertz CT molecular complexity index is 1290. The molecule has 0 atom stereocenters. The van der Waals surface area contributed by atoms with Crippen molar-refractivity contribution in [1.82, 2.24) is 19.6 Å². The molecule has 3 aromatic heterocycles. The van der Waals surface area contributed by atoms with Crippen LogP contribution in [0.2, 0.25) is 0 Å². The highest BCUT2D eigenvalue weighted by Gasteiger charge is 2.34. The van der Waals surface area contributed by atoms with Gasteiger partial charge in [-0.25, -0.2) is 4.52 Å². The van der Waals surface area contributed by atoms with Gasteiger partial charge in [-0.05, 0) is 44.2 Å². The first kappa shape index (κ1) is 20.3. The van der Waals surface area contributed by atoms with Gasteiger partial charge in [-0.1, -0.05) is 18.2 Å². The normalized spacial score (nSPS) is 11.6. The third-order valence-corrected chi connectivity index (χ3v) is 4.52. The number of aryl methyl sites for hydroxylation is 2. The van der Waals surface area contributed by atoms with Crippen molar-refractivity contribution in [3.05, 3.63) is 71.2 Å². The van der Waals surface area contributed by atoms with Gasteiger partial charge in [0.1, 0.15) is 0 Å². The Morgan fingerprint density at radius 2 is 1.71 bits per heavy atom. The predicted octanol–water partition coefficient (Wildman–Crippen LogP) is 4.38. The smallest absolute Gasteiger partial charge is 0.417 e. The zero-order valence-corrected chi connectivity index (χ0v) is 16.4. The third-order valence-electron chi connectivity index (χ3n) is 4.52. The summed E-state index contributed by atoms with van der Waals surface area (Å²) in [5, 5.41) is 17.0. The van der Waals surface area contributed by atoms with E-state index in [9.17, 15) is 23.1 Å². The molecular weight excluding hydrogens is 411 g/mol. The number of rotatable bonds is 3. The zero-order valence-electron chi connectivity index (χ0n) is 16.4. The van der Waals surface area contributed by atoms with Crippen molar-refractivity contribution < 1.29 is 23.1 Å².